The summed E-state index contributed by atoms with van der Waals surface area (Å²) in [5.41, 5.74) is 11.7. The predicted octanol–water partition coefficient (Wildman–Crippen LogP) is 0.176. The average Bonchev–Trinajstić information content (AvgIpc) is 1.97. The lowest BCUT2D eigenvalue weighted by Gasteiger charge is -2.09. The molecule has 3 heteroatoms. The Morgan fingerprint density at radius 2 is 2.18 bits per heavy atom. The van der Waals surface area contributed by atoms with E-state index in [-0.39, 0.29) is 6.04 Å². The van der Waals surface area contributed by atoms with Crippen LogP contribution in [0.15, 0.2) is 12.3 Å². The maximum absolute atomic E-state index is 5.65. The highest BCUT2D eigenvalue weighted by Gasteiger charge is 2.01. The first-order chi connectivity index (χ1) is 5.18. The summed E-state index contributed by atoms with van der Waals surface area (Å²) in [4.78, 5) is 0. The minimum absolute atomic E-state index is 0.0214. The molecule has 0 aliphatic carbocycles. The molecule has 0 aliphatic heterocycles. The van der Waals surface area contributed by atoms with Gasteiger partial charge >= 0.3 is 0 Å². The van der Waals surface area contributed by atoms with Crippen LogP contribution in [0.4, 0.5) is 0 Å². The minimum Gasteiger partial charge on any atom is -0.401 e. The SMILES string of the molecule is C=C(N)[C@@H](N)CCCCNC. The van der Waals surface area contributed by atoms with E-state index in [4.69, 9.17) is 11.5 Å². The highest BCUT2D eigenvalue weighted by molar-refractivity contribution is 4.97. The van der Waals surface area contributed by atoms with E-state index in [1.165, 1.54) is 0 Å². The summed E-state index contributed by atoms with van der Waals surface area (Å²) in [7, 11) is 1.95. The van der Waals surface area contributed by atoms with Crippen molar-refractivity contribution in [3.63, 3.8) is 0 Å². The van der Waals surface area contributed by atoms with Crippen LogP contribution in [-0.2, 0) is 0 Å². The number of rotatable bonds is 6. The van der Waals surface area contributed by atoms with Gasteiger partial charge in [-0.25, -0.2) is 0 Å². The van der Waals surface area contributed by atoms with Crippen LogP contribution in [0.3, 0.4) is 0 Å². The van der Waals surface area contributed by atoms with Crippen molar-refractivity contribution in [2.75, 3.05) is 13.6 Å². The molecule has 0 aromatic rings. The summed E-state index contributed by atoms with van der Waals surface area (Å²) < 4.78 is 0. The molecule has 0 heterocycles. The summed E-state index contributed by atoms with van der Waals surface area (Å²) in [5, 5.41) is 3.08. The Labute approximate surface area is 68.8 Å². The molecule has 3 nitrogen and oxygen atoms in total. The fourth-order valence-corrected chi connectivity index (χ4v) is 0.851. The summed E-state index contributed by atoms with van der Waals surface area (Å²) in [5.74, 6) is 0. The molecule has 5 N–H and O–H groups in total. The molecule has 11 heavy (non-hydrogen) atoms. The van der Waals surface area contributed by atoms with E-state index < -0.39 is 0 Å². The molecule has 0 aromatic heterocycles. The number of nitrogens with one attached hydrogen (secondary N) is 1. The summed E-state index contributed by atoms with van der Waals surface area (Å²) in [6, 6.07) is -0.0214. The van der Waals surface area contributed by atoms with Gasteiger partial charge in [-0.2, -0.15) is 0 Å². The van der Waals surface area contributed by atoms with Gasteiger partial charge in [-0.15, -0.1) is 0 Å². The monoisotopic (exact) mass is 157 g/mol. The molecule has 0 aromatic carbocycles. The van der Waals surface area contributed by atoms with Gasteiger partial charge in [-0.3, -0.25) is 0 Å². The van der Waals surface area contributed by atoms with Crippen molar-refractivity contribution in [1.29, 1.82) is 0 Å². The van der Waals surface area contributed by atoms with Crippen molar-refractivity contribution in [1.82, 2.24) is 5.32 Å². The van der Waals surface area contributed by atoms with Gasteiger partial charge in [0.25, 0.3) is 0 Å². The number of hydrogen-bond acceptors (Lipinski definition) is 3. The molecular weight excluding hydrogens is 138 g/mol. The topological polar surface area (TPSA) is 64.1 Å². The molecule has 0 saturated heterocycles. The van der Waals surface area contributed by atoms with Crippen LogP contribution in [0.25, 0.3) is 0 Å². The zero-order valence-corrected chi connectivity index (χ0v) is 7.27. The van der Waals surface area contributed by atoms with Gasteiger partial charge in [0, 0.05) is 11.7 Å². The fraction of sp³-hybridized carbons (Fsp3) is 0.750. The Morgan fingerprint density at radius 1 is 1.55 bits per heavy atom. The van der Waals surface area contributed by atoms with Crippen molar-refractivity contribution in [2.45, 2.75) is 25.3 Å². The third-order valence-electron chi connectivity index (χ3n) is 1.67. The van der Waals surface area contributed by atoms with E-state index in [1.54, 1.807) is 0 Å². The molecule has 66 valence electrons. The van der Waals surface area contributed by atoms with E-state index in [2.05, 4.69) is 11.9 Å². The molecule has 0 saturated carbocycles. The van der Waals surface area contributed by atoms with Crippen LogP contribution in [0.1, 0.15) is 19.3 Å². The van der Waals surface area contributed by atoms with Crippen LogP contribution >= 0.6 is 0 Å². The standard InChI is InChI=1S/C8H19N3/c1-7(9)8(10)5-3-4-6-11-2/h8,11H,1,3-6,9-10H2,2H3/t8-/m0/s1. The van der Waals surface area contributed by atoms with Gasteiger partial charge in [0.15, 0.2) is 0 Å². The predicted molar refractivity (Wildman–Crippen MR) is 49.1 cm³/mol. The van der Waals surface area contributed by atoms with E-state index in [0.29, 0.717) is 5.70 Å². The number of nitrogens with two attached hydrogens (primary N) is 2. The minimum atomic E-state index is -0.0214. The van der Waals surface area contributed by atoms with E-state index >= 15 is 0 Å². The molecule has 0 bridgehead atoms. The Bertz CT molecular complexity index is 112. The highest BCUT2D eigenvalue weighted by atomic mass is 14.8. The number of unbranched alkanes of at least 4 members (excludes halogenated alkanes) is 1. The average molecular weight is 157 g/mol. The van der Waals surface area contributed by atoms with Crippen LogP contribution in [0.5, 0.6) is 0 Å². The van der Waals surface area contributed by atoms with Crippen LogP contribution in [0.2, 0.25) is 0 Å². The first-order valence-electron chi connectivity index (χ1n) is 4.03. The summed E-state index contributed by atoms with van der Waals surface area (Å²) >= 11 is 0. The van der Waals surface area contributed by atoms with Gasteiger partial charge in [0.2, 0.25) is 0 Å². The first-order valence-corrected chi connectivity index (χ1v) is 4.03. The third-order valence-corrected chi connectivity index (χ3v) is 1.67. The zero-order valence-electron chi connectivity index (χ0n) is 7.27. The molecule has 0 fully saturated rings. The van der Waals surface area contributed by atoms with Gasteiger partial charge in [-0.05, 0) is 26.4 Å². The summed E-state index contributed by atoms with van der Waals surface area (Å²) in [6.45, 7) is 4.64. The quantitative estimate of drug-likeness (QED) is 0.482. The molecule has 0 rings (SSSR count). The second-order valence-electron chi connectivity index (χ2n) is 2.78. The Hall–Kier alpha value is -0.540. The Balaban J connectivity index is 3.17. The lowest BCUT2D eigenvalue weighted by Crippen LogP contribution is -2.26. The van der Waals surface area contributed by atoms with Crippen molar-refractivity contribution in [2.24, 2.45) is 11.5 Å². The highest BCUT2D eigenvalue weighted by Crippen LogP contribution is 2.01. The molecule has 0 aliphatic rings. The van der Waals surface area contributed by atoms with Gasteiger partial charge in [-0.1, -0.05) is 13.0 Å². The molecule has 0 spiro atoms. The van der Waals surface area contributed by atoms with Crippen LogP contribution in [-0.4, -0.2) is 19.6 Å². The van der Waals surface area contributed by atoms with Crippen molar-refractivity contribution in [3.8, 4) is 0 Å². The lowest BCUT2D eigenvalue weighted by molar-refractivity contribution is 0.593. The van der Waals surface area contributed by atoms with Crippen molar-refractivity contribution in [3.05, 3.63) is 12.3 Å². The number of hydrogen-bond donors (Lipinski definition) is 3. The van der Waals surface area contributed by atoms with Crippen molar-refractivity contribution < 1.29 is 0 Å². The maximum Gasteiger partial charge on any atom is 0.0436 e. The molecular formula is C8H19N3. The first kappa shape index (κ1) is 10.5. The third kappa shape index (κ3) is 5.88. The van der Waals surface area contributed by atoms with Crippen LogP contribution in [0, 0.1) is 0 Å². The fourth-order valence-electron chi connectivity index (χ4n) is 0.851. The van der Waals surface area contributed by atoms with E-state index in [1.807, 2.05) is 7.05 Å². The van der Waals surface area contributed by atoms with Crippen molar-refractivity contribution >= 4 is 0 Å². The lowest BCUT2D eigenvalue weighted by atomic mass is 10.1. The largest absolute Gasteiger partial charge is 0.401 e. The van der Waals surface area contributed by atoms with Crippen LogP contribution < -0.4 is 16.8 Å². The Morgan fingerprint density at radius 3 is 2.64 bits per heavy atom. The van der Waals surface area contributed by atoms with Gasteiger partial charge in [0.1, 0.15) is 0 Å². The molecule has 1 atom stereocenters. The van der Waals surface area contributed by atoms with Gasteiger partial charge in [0.05, 0.1) is 0 Å². The molecule has 0 radical (unpaired) electrons. The smallest absolute Gasteiger partial charge is 0.0436 e. The Kier molecular flexibility index (Phi) is 5.88. The summed E-state index contributed by atoms with van der Waals surface area (Å²) in [6.07, 6.45) is 3.20. The van der Waals surface area contributed by atoms with E-state index in [0.717, 1.165) is 25.8 Å². The second-order valence-corrected chi connectivity index (χ2v) is 2.78. The molecule has 0 unspecified atom stereocenters. The van der Waals surface area contributed by atoms with E-state index in [9.17, 15) is 0 Å². The molecule has 0 amide bonds. The maximum atomic E-state index is 5.65. The second kappa shape index (κ2) is 6.19. The normalized spacial score (nSPS) is 12.9. The van der Waals surface area contributed by atoms with Gasteiger partial charge < -0.3 is 16.8 Å². The zero-order chi connectivity index (χ0) is 8.69.